The fourth-order valence-corrected chi connectivity index (χ4v) is 3.47. The van der Waals surface area contributed by atoms with Crippen molar-refractivity contribution in [3.05, 3.63) is 90.5 Å². The minimum absolute atomic E-state index is 0.601. The van der Waals surface area contributed by atoms with E-state index in [-0.39, 0.29) is 0 Å². The molecule has 0 atom stereocenters. The molecule has 0 fully saturated rings. The normalized spacial score (nSPS) is 11.2. The van der Waals surface area contributed by atoms with Gasteiger partial charge in [-0.05, 0) is 47.2 Å². The first-order valence-corrected chi connectivity index (χ1v) is 9.25. The van der Waals surface area contributed by atoms with E-state index in [1.54, 1.807) is 0 Å². The Bertz CT molecular complexity index is 1020. The predicted octanol–water partition coefficient (Wildman–Crippen LogP) is 6.77. The number of hydrogen-bond donors (Lipinski definition) is 0. The Morgan fingerprint density at radius 3 is 2.00 bits per heavy atom. The minimum atomic E-state index is 0.601. The summed E-state index contributed by atoms with van der Waals surface area (Å²) >= 11 is 0. The second kappa shape index (κ2) is 7.13. The fourth-order valence-electron chi connectivity index (χ4n) is 3.47. The lowest BCUT2D eigenvalue weighted by molar-refractivity contribution is 0.650. The van der Waals surface area contributed by atoms with Gasteiger partial charge in [0.1, 0.15) is 0 Å². The zero-order valence-corrected chi connectivity index (χ0v) is 15.3. The zero-order chi connectivity index (χ0) is 17.9. The third kappa shape index (κ3) is 3.39. The molecule has 0 spiro atoms. The van der Waals surface area contributed by atoms with Gasteiger partial charge in [0.2, 0.25) is 0 Å². The molecule has 4 aromatic rings. The van der Waals surface area contributed by atoms with Crippen LogP contribution in [0.3, 0.4) is 0 Å². The lowest BCUT2D eigenvalue weighted by Crippen LogP contribution is -1.98. The van der Waals surface area contributed by atoms with Crippen LogP contribution in [0.1, 0.15) is 19.4 Å². The minimum Gasteiger partial charge on any atom is -0.248 e. The maximum absolute atomic E-state index is 4.95. The first-order valence-electron chi connectivity index (χ1n) is 9.25. The number of pyridine rings is 1. The molecule has 0 radical (unpaired) electrons. The van der Waals surface area contributed by atoms with Gasteiger partial charge in [0.25, 0.3) is 0 Å². The maximum atomic E-state index is 4.95. The largest absolute Gasteiger partial charge is 0.248 e. The number of benzene rings is 3. The first kappa shape index (κ1) is 16.5. The van der Waals surface area contributed by atoms with Crippen molar-refractivity contribution in [1.29, 1.82) is 0 Å². The summed E-state index contributed by atoms with van der Waals surface area (Å²) in [6, 6.07) is 29.9. The molecule has 0 amide bonds. The topological polar surface area (TPSA) is 12.9 Å². The number of fused-ring (bicyclic) bond motifs is 1. The lowest BCUT2D eigenvalue weighted by atomic mass is 9.94. The van der Waals surface area contributed by atoms with Crippen molar-refractivity contribution in [1.82, 2.24) is 4.98 Å². The summed E-state index contributed by atoms with van der Waals surface area (Å²) in [4.78, 5) is 4.95. The van der Waals surface area contributed by atoms with Crippen LogP contribution in [0.25, 0.3) is 33.3 Å². The van der Waals surface area contributed by atoms with Crippen molar-refractivity contribution < 1.29 is 0 Å². The lowest BCUT2D eigenvalue weighted by Gasteiger charge is -2.13. The summed E-state index contributed by atoms with van der Waals surface area (Å²) in [5, 5.41) is 1.26. The zero-order valence-electron chi connectivity index (χ0n) is 15.3. The maximum Gasteiger partial charge on any atom is 0.0712 e. The van der Waals surface area contributed by atoms with Crippen molar-refractivity contribution in [3.63, 3.8) is 0 Å². The van der Waals surface area contributed by atoms with E-state index in [9.17, 15) is 0 Å². The Kier molecular flexibility index (Phi) is 4.53. The van der Waals surface area contributed by atoms with Gasteiger partial charge in [0, 0.05) is 10.9 Å². The Labute approximate surface area is 155 Å². The molecule has 0 N–H and O–H groups in total. The number of rotatable bonds is 4. The summed E-state index contributed by atoms with van der Waals surface area (Å²) in [7, 11) is 0. The quantitative estimate of drug-likeness (QED) is 0.400. The van der Waals surface area contributed by atoms with E-state index in [0.29, 0.717) is 5.92 Å². The third-order valence-electron chi connectivity index (χ3n) is 4.70. The smallest absolute Gasteiger partial charge is 0.0712 e. The second-order valence-electron chi connectivity index (χ2n) is 7.23. The summed E-state index contributed by atoms with van der Waals surface area (Å²) in [6.07, 6.45) is 1.05. The van der Waals surface area contributed by atoms with E-state index in [4.69, 9.17) is 4.98 Å². The van der Waals surface area contributed by atoms with Crippen LogP contribution < -0.4 is 0 Å². The van der Waals surface area contributed by atoms with E-state index in [0.717, 1.165) is 17.6 Å². The van der Waals surface area contributed by atoms with Gasteiger partial charge in [0.05, 0.1) is 11.2 Å². The van der Waals surface area contributed by atoms with Gasteiger partial charge in [-0.2, -0.15) is 0 Å². The van der Waals surface area contributed by atoms with Crippen LogP contribution in [0, 0.1) is 5.92 Å². The number of hydrogen-bond acceptors (Lipinski definition) is 1. The summed E-state index contributed by atoms with van der Waals surface area (Å²) in [5.74, 6) is 0.601. The van der Waals surface area contributed by atoms with Crippen LogP contribution in [0.4, 0.5) is 0 Å². The summed E-state index contributed by atoms with van der Waals surface area (Å²) in [5.41, 5.74) is 7.17. The van der Waals surface area contributed by atoms with Crippen molar-refractivity contribution in [2.45, 2.75) is 20.3 Å². The Hall–Kier alpha value is -2.93. The molecular weight excluding hydrogens is 314 g/mol. The molecule has 4 rings (SSSR count). The fraction of sp³-hybridized carbons (Fsp3) is 0.160. The van der Waals surface area contributed by atoms with Crippen molar-refractivity contribution >= 4 is 10.9 Å². The summed E-state index contributed by atoms with van der Waals surface area (Å²) < 4.78 is 0. The average molecular weight is 337 g/mol. The molecular formula is C25H23N. The highest BCUT2D eigenvalue weighted by molar-refractivity contribution is 5.89. The Morgan fingerprint density at radius 2 is 1.35 bits per heavy atom. The van der Waals surface area contributed by atoms with Gasteiger partial charge in [-0.3, -0.25) is 0 Å². The molecule has 0 bridgehead atoms. The van der Waals surface area contributed by atoms with E-state index in [2.05, 4.69) is 92.7 Å². The Balaban J connectivity index is 1.90. The summed E-state index contributed by atoms with van der Waals surface area (Å²) in [6.45, 7) is 4.55. The molecule has 0 aliphatic carbocycles. The average Bonchev–Trinajstić information content (AvgIpc) is 2.68. The molecule has 3 aromatic carbocycles. The van der Waals surface area contributed by atoms with E-state index in [1.165, 1.54) is 27.6 Å². The van der Waals surface area contributed by atoms with Gasteiger partial charge in [0.15, 0.2) is 0 Å². The molecule has 26 heavy (non-hydrogen) atoms. The van der Waals surface area contributed by atoms with Crippen LogP contribution in [0.2, 0.25) is 0 Å². The van der Waals surface area contributed by atoms with Crippen molar-refractivity contribution in [3.8, 4) is 22.4 Å². The number of nitrogens with zero attached hydrogens (tertiary/aromatic N) is 1. The molecule has 0 saturated carbocycles. The van der Waals surface area contributed by atoms with Gasteiger partial charge in [-0.25, -0.2) is 4.98 Å². The molecule has 0 aliphatic rings. The van der Waals surface area contributed by atoms with E-state index >= 15 is 0 Å². The molecule has 1 aromatic heterocycles. The van der Waals surface area contributed by atoms with Gasteiger partial charge >= 0.3 is 0 Å². The predicted molar refractivity (Wildman–Crippen MR) is 111 cm³/mol. The van der Waals surface area contributed by atoms with Crippen molar-refractivity contribution in [2.75, 3.05) is 0 Å². The molecule has 128 valence electrons. The Morgan fingerprint density at radius 1 is 0.692 bits per heavy atom. The number of aromatic nitrogens is 1. The second-order valence-corrected chi connectivity index (χ2v) is 7.23. The molecule has 0 aliphatic heterocycles. The van der Waals surface area contributed by atoms with Crippen LogP contribution in [-0.2, 0) is 6.42 Å². The molecule has 1 heteroatoms. The highest BCUT2D eigenvalue weighted by Gasteiger charge is 2.10. The standard InChI is InChI=1S/C25H23N/c1-18(2)15-22-17-25(20-11-7-4-8-12-20)26-24-14-13-21(16-23(22)24)19-9-5-3-6-10-19/h3-14,16-18H,15H2,1-2H3. The van der Waals surface area contributed by atoms with Gasteiger partial charge in [-0.1, -0.05) is 80.6 Å². The molecule has 0 unspecified atom stereocenters. The van der Waals surface area contributed by atoms with Gasteiger partial charge in [-0.15, -0.1) is 0 Å². The van der Waals surface area contributed by atoms with Crippen LogP contribution in [0.15, 0.2) is 84.9 Å². The highest BCUT2D eigenvalue weighted by Crippen LogP contribution is 2.30. The highest BCUT2D eigenvalue weighted by atomic mass is 14.7. The van der Waals surface area contributed by atoms with E-state index < -0.39 is 0 Å². The van der Waals surface area contributed by atoms with Gasteiger partial charge < -0.3 is 0 Å². The monoisotopic (exact) mass is 337 g/mol. The first-order chi connectivity index (χ1) is 12.7. The van der Waals surface area contributed by atoms with Crippen LogP contribution in [0.5, 0.6) is 0 Å². The molecule has 1 heterocycles. The van der Waals surface area contributed by atoms with Crippen LogP contribution in [-0.4, -0.2) is 4.98 Å². The SMILES string of the molecule is CC(C)Cc1cc(-c2ccccc2)nc2ccc(-c3ccccc3)cc12. The van der Waals surface area contributed by atoms with E-state index in [1.807, 2.05) is 6.07 Å². The molecule has 0 saturated heterocycles. The van der Waals surface area contributed by atoms with Crippen molar-refractivity contribution in [2.24, 2.45) is 5.92 Å². The third-order valence-corrected chi connectivity index (χ3v) is 4.70. The molecule has 1 nitrogen and oxygen atoms in total. The van der Waals surface area contributed by atoms with Crippen LogP contribution >= 0.6 is 0 Å².